The number of benzene rings is 1. The number of likely N-dealkylation sites (tertiary alicyclic amines) is 1. The van der Waals surface area contributed by atoms with E-state index < -0.39 is 0 Å². The highest BCUT2D eigenvalue weighted by atomic mass is 35.5. The van der Waals surface area contributed by atoms with Gasteiger partial charge in [0.1, 0.15) is 0 Å². The van der Waals surface area contributed by atoms with Gasteiger partial charge in [-0.2, -0.15) is 0 Å². The number of methoxy groups -OCH3 is 1. The average molecular weight is 372 g/mol. The normalized spacial score (nSPS) is 16.5. The van der Waals surface area contributed by atoms with Crippen molar-refractivity contribution in [3.8, 4) is 17.1 Å². The van der Waals surface area contributed by atoms with E-state index in [1.165, 1.54) is 0 Å². The van der Waals surface area contributed by atoms with E-state index in [1.807, 2.05) is 12.1 Å². The van der Waals surface area contributed by atoms with Crippen molar-refractivity contribution in [2.24, 2.45) is 5.73 Å². The van der Waals surface area contributed by atoms with Crippen LogP contribution in [0.3, 0.4) is 0 Å². The number of hydrogen-bond donors (Lipinski definition) is 2. The predicted molar refractivity (Wildman–Crippen MR) is 99.3 cm³/mol. The number of nitrogens with zero attached hydrogens (tertiary/aromatic N) is 3. The molecule has 0 spiro atoms. The van der Waals surface area contributed by atoms with Crippen LogP contribution in [0.25, 0.3) is 22.2 Å². The first-order valence-electron chi connectivity index (χ1n) is 8.29. The molecule has 1 fully saturated rings. The van der Waals surface area contributed by atoms with Crippen LogP contribution in [-0.4, -0.2) is 45.6 Å². The van der Waals surface area contributed by atoms with Gasteiger partial charge in [0.25, 0.3) is 0 Å². The summed E-state index contributed by atoms with van der Waals surface area (Å²) >= 11 is 6.45. The van der Waals surface area contributed by atoms with Crippen molar-refractivity contribution in [3.05, 3.63) is 41.3 Å². The molecule has 7 nitrogen and oxygen atoms in total. The summed E-state index contributed by atoms with van der Waals surface area (Å²) in [4.78, 5) is 25.0. The van der Waals surface area contributed by atoms with Gasteiger partial charge in [0.2, 0.25) is 5.88 Å². The van der Waals surface area contributed by atoms with E-state index in [1.54, 1.807) is 24.4 Å². The summed E-state index contributed by atoms with van der Waals surface area (Å²) in [6.07, 6.45) is 4.90. The van der Waals surface area contributed by atoms with Gasteiger partial charge in [-0.05, 0) is 24.6 Å². The van der Waals surface area contributed by atoms with Crippen molar-refractivity contribution in [1.29, 1.82) is 0 Å². The number of carbonyl (C=O) groups excluding carboxylic acids is 1. The zero-order chi connectivity index (χ0) is 18.3. The summed E-state index contributed by atoms with van der Waals surface area (Å²) in [6, 6.07) is 5.72. The van der Waals surface area contributed by atoms with Gasteiger partial charge in [-0.3, -0.25) is 0 Å². The number of halogens is 1. The second-order valence-electron chi connectivity index (χ2n) is 6.34. The number of primary amides is 1. The molecular formula is C18H18ClN5O2. The van der Waals surface area contributed by atoms with Gasteiger partial charge in [-0.15, -0.1) is 0 Å². The Bertz CT molecular complexity index is 970. The van der Waals surface area contributed by atoms with Crippen LogP contribution in [-0.2, 0) is 6.42 Å². The number of amides is 2. The lowest BCUT2D eigenvalue weighted by molar-refractivity contribution is 0.122. The highest BCUT2D eigenvalue weighted by molar-refractivity contribution is 6.34. The number of H-pyrrole nitrogens is 1. The number of nitrogens with two attached hydrogens (primary N) is 1. The zero-order valence-electron chi connectivity index (χ0n) is 14.2. The van der Waals surface area contributed by atoms with Crippen LogP contribution in [0, 0.1) is 0 Å². The number of urea groups is 1. The Morgan fingerprint density at radius 2 is 2.23 bits per heavy atom. The molecule has 1 aliphatic rings. The summed E-state index contributed by atoms with van der Waals surface area (Å²) in [5, 5.41) is 1.62. The number of carbonyl (C=O) groups is 1. The number of aromatic nitrogens is 3. The molecular weight excluding hydrogens is 354 g/mol. The topological polar surface area (TPSA) is 97.1 Å². The number of nitrogens with one attached hydrogen (secondary N) is 1. The summed E-state index contributed by atoms with van der Waals surface area (Å²) < 4.78 is 5.04. The van der Waals surface area contributed by atoms with Crippen LogP contribution in [0.2, 0.25) is 5.02 Å². The van der Waals surface area contributed by atoms with E-state index in [0.717, 1.165) is 41.5 Å². The Morgan fingerprint density at radius 3 is 2.85 bits per heavy atom. The molecule has 3 aromatic rings. The van der Waals surface area contributed by atoms with Gasteiger partial charge in [0, 0.05) is 41.2 Å². The van der Waals surface area contributed by atoms with E-state index in [4.69, 9.17) is 22.1 Å². The Hall–Kier alpha value is -2.80. The quantitative estimate of drug-likeness (QED) is 0.736. The smallest absolute Gasteiger partial charge is 0.315 e. The Kier molecular flexibility index (Phi) is 4.16. The second kappa shape index (κ2) is 6.49. The fourth-order valence-electron chi connectivity index (χ4n) is 3.28. The van der Waals surface area contributed by atoms with Gasteiger partial charge in [-0.25, -0.2) is 14.8 Å². The highest BCUT2D eigenvalue weighted by Crippen LogP contribution is 2.32. The third-order valence-corrected chi connectivity index (χ3v) is 5.07. The van der Waals surface area contributed by atoms with E-state index in [-0.39, 0.29) is 12.1 Å². The first kappa shape index (κ1) is 16.7. The summed E-state index contributed by atoms with van der Waals surface area (Å²) in [5.41, 5.74) is 8.86. The van der Waals surface area contributed by atoms with E-state index in [0.29, 0.717) is 16.6 Å². The van der Waals surface area contributed by atoms with Gasteiger partial charge < -0.3 is 20.4 Å². The Balaban J connectivity index is 1.63. The van der Waals surface area contributed by atoms with Crippen molar-refractivity contribution >= 4 is 28.5 Å². The molecule has 4 rings (SSSR count). The molecule has 2 amide bonds. The molecule has 3 heterocycles. The van der Waals surface area contributed by atoms with E-state index in [2.05, 4.69) is 21.0 Å². The van der Waals surface area contributed by atoms with Crippen LogP contribution in [0.4, 0.5) is 4.79 Å². The minimum atomic E-state index is -0.360. The number of rotatable bonds is 4. The average Bonchev–Trinajstić information content (AvgIpc) is 2.99. The number of ether oxygens (including phenoxy) is 1. The maximum absolute atomic E-state index is 11.3. The number of aromatic amines is 1. The fraction of sp³-hybridized carbons (Fsp3) is 0.278. The first-order valence-corrected chi connectivity index (χ1v) is 8.66. The number of fused-ring (bicyclic) bond motifs is 1. The number of hydrogen-bond acceptors (Lipinski definition) is 4. The largest absolute Gasteiger partial charge is 0.480 e. The molecule has 1 saturated heterocycles. The van der Waals surface area contributed by atoms with Crippen molar-refractivity contribution in [2.45, 2.75) is 18.9 Å². The lowest BCUT2D eigenvalue weighted by Crippen LogP contribution is -2.54. The molecule has 8 heteroatoms. The molecule has 1 unspecified atom stereocenters. The molecule has 0 aliphatic carbocycles. The monoisotopic (exact) mass is 371 g/mol. The SMILES string of the molecule is COc1cnc(-c2cc3[nH]c(CC4CCN4C(N)=O)cc3cc2Cl)cn1. The van der Waals surface area contributed by atoms with Crippen LogP contribution >= 0.6 is 11.6 Å². The molecule has 0 bridgehead atoms. The maximum atomic E-state index is 11.3. The van der Waals surface area contributed by atoms with Crippen molar-refractivity contribution in [3.63, 3.8) is 0 Å². The Labute approximate surface area is 155 Å². The second-order valence-corrected chi connectivity index (χ2v) is 6.74. The maximum Gasteiger partial charge on any atom is 0.315 e. The minimum absolute atomic E-state index is 0.156. The standard InChI is InChI=1S/C18H18ClN5O2/c1-26-17-9-21-16(8-22-17)13-7-15-10(5-14(13)19)4-11(23-15)6-12-2-3-24(12)18(20)25/h4-5,7-9,12,23H,2-3,6H2,1H3,(H2,20,25). The van der Waals surface area contributed by atoms with Gasteiger partial charge in [-0.1, -0.05) is 11.6 Å². The van der Waals surface area contributed by atoms with Crippen LogP contribution in [0.15, 0.2) is 30.6 Å². The zero-order valence-corrected chi connectivity index (χ0v) is 15.0. The molecule has 0 radical (unpaired) electrons. The van der Waals surface area contributed by atoms with Crippen molar-refractivity contribution < 1.29 is 9.53 Å². The predicted octanol–water partition coefficient (Wildman–Crippen LogP) is 2.98. The third kappa shape index (κ3) is 2.94. The Morgan fingerprint density at radius 1 is 1.38 bits per heavy atom. The van der Waals surface area contributed by atoms with Gasteiger partial charge >= 0.3 is 6.03 Å². The molecule has 3 N–H and O–H groups in total. The van der Waals surface area contributed by atoms with Gasteiger partial charge in [0.15, 0.2) is 0 Å². The molecule has 1 atom stereocenters. The molecule has 26 heavy (non-hydrogen) atoms. The lowest BCUT2D eigenvalue weighted by Gasteiger charge is -2.39. The molecule has 1 aliphatic heterocycles. The molecule has 1 aromatic carbocycles. The summed E-state index contributed by atoms with van der Waals surface area (Å²) in [6.45, 7) is 0.729. The van der Waals surface area contributed by atoms with E-state index >= 15 is 0 Å². The lowest BCUT2D eigenvalue weighted by atomic mass is 9.98. The molecule has 0 saturated carbocycles. The fourth-order valence-corrected chi connectivity index (χ4v) is 3.55. The third-order valence-electron chi connectivity index (χ3n) is 4.76. The van der Waals surface area contributed by atoms with Crippen LogP contribution < -0.4 is 10.5 Å². The van der Waals surface area contributed by atoms with Crippen molar-refractivity contribution in [1.82, 2.24) is 19.9 Å². The summed E-state index contributed by atoms with van der Waals surface area (Å²) in [7, 11) is 1.55. The van der Waals surface area contributed by atoms with Crippen LogP contribution in [0.5, 0.6) is 5.88 Å². The first-order chi connectivity index (χ1) is 12.5. The molecule has 2 aromatic heterocycles. The van der Waals surface area contributed by atoms with Crippen LogP contribution in [0.1, 0.15) is 12.1 Å². The molecule has 134 valence electrons. The highest BCUT2D eigenvalue weighted by Gasteiger charge is 2.31. The minimum Gasteiger partial charge on any atom is -0.480 e. The summed E-state index contributed by atoms with van der Waals surface area (Å²) in [5.74, 6) is 0.451. The van der Waals surface area contributed by atoms with Gasteiger partial charge in [0.05, 0.1) is 30.2 Å². The van der Waals surface area contributed by atoms with E-state index in [9.17, 15) is 4.79 Å². The van der Waals surface area contributed by atoms with Crippen molar-refractivity contribution in [2.75, 3.05) is 13.7 Å².